The third-order valence-electron chi connectivity index (χ3n) is 2.49. The van der Waals surface area contributed by atoms with E-state index in [2.05, 4.69) is 9.87 Å². The van der Waals surface area contributed by atoms with Crippen molar-refractivity contribution in [3.63, 3.8) is 0 Å². The summed E-state index contributed by atoms with van der Waals surface area (Å²) in [6.45, 7) is 1.44. The number of hydrogen-bond donors (Lipinski definition) is 1. The van der Waals surface area contributed by atoms with Crippen LogP contribution in [0.25, 0.3) is 10.9 Å². The number of benzene rings is 1. The molecule has 0 spiro atoms. The first kappa shape index (κ1) is 16.6. The lowest BCUT2D eigenvalue weighted by molar-refractivity contribution is -0.383. The van der Waals surface area contributed by atoms with Crippen molar-refractivity contribution >= 4 is 35.0 Å². The first-order valence-electron chi connectivity index (χ1n) is 5.66. The van der Waals surface area contributed by atoms with Gasteiger partial charge in [-0.25, -0.2) is 9.68 Å². The summed E-state index contributed by atoms with van der Waals surface area (Å²) in [5, 5.41) is 11.2. The number of carbonyl (C=O) groups excluding carboxylic acids is 1. The van der Waals surface area contributed by atoms with Crippen LogP contribution in [0.3, 0.4) is 0 Å². The fourth-order valence-electron chi connectivity index (χ4n) is 1.52. The molecule has 0 aliphatic heterocycles. The summed E-state index contributed by atoms with van der Waals surface area (Å²) in [5.74, 6) is -0.660. The molecule has 1 aromatic heterocycles. The van der Waals surface area contributed by atoms with E-state index in [1.807, 2.05) is 0 Å². The van der Waals surface area contributed by atoms with Crippen LogP contribution >= 0.6 is 12.4 Å². The summed E-state index contributed by atoms with van der Waals surface area (Å²) in [6.07, 6.45) is 1.45. The maximum absolute atomic E-state index is 11.2. The Hall–Kier alpha value is -2.45. The molecule has 0 amide bonds. The van der Waals surface area contributed by atoms with E-state index in [4.69, 9.17) is 10.6 Å². The third-order valence-corrected chi connectivity index (χ3v) is 2.49. The van der Waals surface area contributed by atoms with Crippen molar-refractivity contribution in [3.05, 3.63) is 40.6 Å². The van der Waals surface area contributed by atoms with Gasteiger partial charge < -0.3 is 5.73 Å². The highest BCUT2D eigenvalue weighted by atomic mass is 35.5. The molecule has 0 aliphatic rings. The van der Waals surface area contributed by atoms with Gasteiger partial charge in [0, 0.05) is 12.3 Å². The number of halogens is 1. The smallest absolute Gasteiger partial charge is 0.319 e. The van der Waals surface area contributed by atoms with Gasteiger partial charge in [-0.3, -0.25) is 20.0 Å². The molecule has 0 fully saturated rings. The number of fused-ring (bicyclic) bond motifs is 1. The van der Waals surface area contributed by atoms with Gasteiger partial charge in [-0.2, -0.15) is 0 Å². The van der Waals surface area contributed by atoms with Crippen molar-refractivity contribution in [3.8, 4) is 5.75 Å². The van der Waals surface area contributed by atoms with Crippen LogP contribution in [0.4, 0.5) is 5.69 Å². The number of nitro groups is 1. The first-order chi connectivity index (χ1) is 9.50. The van der Waals surface area contributed by atoms with Crippen LogP contribution < -0.4 is 10.6 Å². The van der Waals surface area contributed by atoms with Crippen LogP contribution in [-0.2, 0) is 9.68 Å². The molecule has 0 saturated carbocycles. The van der Waals surface area contributed by atoms with Crippen molar-refractivity contribution in [2.24, 2.45) is 5.73 Å². The minimum atomic E-state index is -0.840. The Morgan fingerprint density at radius 3 is 2.76 bits per heavy atom. The zero-order chi connectivity index (χ0) is 14.7. The largest absolute Gasteiger partial charge is 0.371 e. The monoisotopic (exact) mass is 313 g/mol. The van der Waals surface area contributed by atoms with E-state index in [1.165, 1.54) is 31.3 Å². The van der Waals surface area contributed by atoms with Crippen molar-refractivity contribution < 1.29 is 19.5 Å². The van der Waals surface area contributed by atoms with Crippen molar-refractivity contribution in [1.29, 1.82) is 0 Å². The van der Waals surface area contributed by atoms with Gasteiger partial charge in [0.25, 0.3) is 5.69 Å². The zero-order valence-corrected chi connectivity index (χ0v) is 11.7. The maximum atomic E-state index is 11.2. The standard InChI is InChI=1S/C12H11N3O5.ClH/c1-7(13)12(16)20-19-10-5-4-9(15(17)18)8-3-2-6-14-11(8)10;/h2-7H,13H2,1H3;1H. The molecular formula is C12H12ClN3O5. The predicted octanol–water partition coefficient (Wildman–Crippen LogP) is 1.75. The molecule has 0 aliphatic carbocycles. The van der Waals surface area contributed by atoms with Gasteiger partial charge in [-0.15, -0.1) is 12.4 Å². The summed E-state index contributed by atoms with van der Waals surface area (Å²) in [7, 11) is 0. The Morgan fingerprint density at radius 2 is 2.14 bits per heavy atom. The Labute approximate surface area is 125 Å². The van der Waals surface area contributed by atoms with Crippen LogP contribution in [0.5, 0.6) is 5.75 Å². The van der Waals surface area contributed by atoms with Gasteiger partial charge in [-0.05, 0) is 25.1 Å². The summed E-state index contributed by atoms with van der Waals surface area (Å²) < 4.78 is 0. The molecule has 1 atom stereocenters. The number of carbonyl (C=O) groups is 1. The van der Waals surface area contributed by atoms with E-state index in [0.29, 0.717) is 0 Å². The highest BCUT2D eigenvalue weighted by molar-refractivity contribution is 5.92. The van der Waals surface area contributed by atoms with Crippen LogP contribution in [0.1, 0.15) is 6.92 Å². The fourth-order valence-corrected chi connectivity index (χ4v) is 1.52. The van der Waals surface area contributed by atoms with Gasteiger partial charge in [0.15, 0.2) is 0 Å². The first-order valence-corrected chi connectivity index (χ1v) is 5.66. The lowest BCUT2D eigenvalue weighted by Gasteiger charge is -2.08. The van der Waals surface area contributed by atoms with E-state index in [1.54, 1.807) is 6.07 Å². The van der Waals surface area contributed by atoms with E-state index in [0.717, 1.165) is 0 Å². The molecule has 1 aromatic carbocycles. The molecule has 1 heterocycles. The van der Waals surface area contributed by atoms with Gasteiger partial charge in [0.1, 0.15) is 11.6 Å². The molecule has 2 rings (SSSR count). The highest BCUT2D eigenvalue weighted by Crippen LogP contribution is 2.31. The predicted molar refractivity (Wildman–Crippen MR) is 76.0 cm³/mol. The molecule has 21 heavy (non-hydrogen) atoms. The molecule has 0 radical (unpaired) electrons. The third kappa shape index (κ3) is 3.56. The molecule has 0 saturated heterocycles. The van der Waals surface area contributed by atoms with E-state index in [9.17, 15) is 14.9 Å². The minimum Gasteiger partial charge on any atom is -0.319 e. The van der Waals surface area contributed by atoms with Crippen LogP contribution in [0, 0.1) is 10.1 Å². The quantitative estimate of drug-likeness (QED) is 0.519. The normalized spacial score (nSPS) is 11.3. The van der Waals surface area contributed by atoms with E-state index >= 15 is 0 Å². The van der Waals surface area contributed by atoms with Crippen LogP contribution in [0.2, 0.25) is 0 Å². The van der Waals surface area contributed by atoms with Gasteiger partial charge in [0.2, 0.25) is 5.75 Å². The van der Waals surface area contributed by atoms with Crippen molar-refractivity contribution in [2.75, 3.05) is 0 Å². The zero-order valence-electron chi connectivity index (χ0n) is 10.9. The Kier molecular flexibility index (Phi) is 5.39. The summed E-state index contributed by atoms with van der Waals surface area (Å²) in [6, 6.07) is 4.81. The highest BCUT2D eigenvalue weighted by Gasteiger charge is 2.18. The van der Waals surface area contributed by atoms with E-state index < -0.39 is 16.9 Å². The minimum absolute atomic E-state index is 0. The Morgan fingerprint density at radius 1 is 1.43 bits per heavy atom. The molecule has 0 bridgehead atoms. The molecule has 9 heteroatoms. The average molecular weight is 314 g/mol. The molecule has 8 nitrogen and oxygen atoms in total. The lowest BCUT2D eigenvalue weighted by Crippen LogP contribution is -2.29. The second-order valence-corrected chi connectivity index (χ2v) is 4.01. The van der Waals surface area contributed by atoms with Crippen LogP contribution in [0.15, 0.2) is 30.5 Å². The Bertz CT molecular complexity index is 677. The summed E-state index contributed by atoms with van der Waals surface area (Å²) >= 11 is 0. The van der Waals surface area contributed by atoms with Crippen LogP contribution in [-0.4, -0.2) is 21.9 Å². The average Bonchev–Trinajstić information content (AvgIpc) is 2.43. The number of pyridine rings is 1. The number of nitrogens with zero attached hydrogens (tertiary/aromatic N) is 2. The van der Waals surface area contributed by atoms with Gasteiger partial charge >= 0.3 is 5.97 Å². The Balaban J connectivity index is 0.00000220. The summed E-state index contributed by atoms with van der Waals surface area (Å²) in [4.78, 5) is 35.0. The maximum Gasteiger partial charge on any atom is 0.371 e. The SMILES string of the molecule is CC(N)C(=O)OOc1ccc([N+](=O)[O-])c2cccnc12.Cl. The van der Waals surface area contributed by atoms with Gasteiger partial charge in [0.05, 0.1) is 10.3 Å². The summed E-state index contributed by atoms with van der Waals surface area (Å²) in [5.41, 5.74) is 5.43. The number of nitro benzene ring substituents is 1. The molecule has 2 aromatic rings. The second-order valence-electron chi connectivity index (χ2n) is 4.01. The second kappa shape index (κ2) is 6.82. The number of rotatable bonds is 4. The molecular weight excluding hydrogens is 302 g/mol. The lowest BCUT2D eigenvalue weighted by atomic mass is 10.2. The van der Waals surface area contributed by atoms with Crippen molar-refractivity contribution in [1.82, 2.24) is 4.98 Å². The number of non-ortho nitro benzene ring substituents is 1. The number of nitrogens with two attached hydrogens (primary N) is 1. The molecule has 2 N–H and O–H groups in total. The van der Waals surface area contributed by atoms with E-state index in [-0.39, 0.29) is 34.7 Å². The topological polar surface area (TPSA) is 118 Å². The van der Waals surface area contributed by atoms with Crippen molar-refractivity contribution in [2.45, 2.75) is 13.0 Å². The molecule has 1 unspecified atom stereocenters. The number of aromatic nitrogens is 1. The molecule has 112 valence electrons. The fraction of sp³-hybridized carbons (Fsp3) is 0.167. The van der Waals surface area contributed by atoms with Gasteiger partial charge in [-0.1, -0.05) is 0 Å². The number of hydrogen-bond acceptors (Lipinski definition) is 7.